The van der Waals surface area contributed by atoms with Crippen LogP contribution in [0.15, 0.2) is 39.6 Å². The van der Waals surface area contributed by atoms with Crippen molar-refractivity contribution >= 4 is 15.8 Å². The molecule has 4 rings (SSSR count). The van der Waals surface area contributed by atoms with E-state index in [-0.39, 0.29) is 23.4 Å². The lowest BCUT2D eigenvalue weighted by molar-refractivity contribution is -0.114. The van der Waals surface area contributed by atoms with Gasteiger partial charge < -0.3 is 9.64 Å². The first-order valence-electron chi connectivity index (χ1n) is 9.71. The van der Waals surface area contributed by atoms with Gasteiger partial charge in [-0.1, -0.05) is 31.0 Å². The number of hydrogen-bond acceptors (Lipinski definition) is 4. The number of cyclic esters (lactones) is 1. The summed E-state index contributed by atoms with van der Waals surface area (Å²) in [5, 5.41) is -0.142. The van der Waals surface area contributed by atoms with Gasteiger partial charge in [-0.25, -0.2) is 13.4 Å². The molecule has 2 heterocycles. The normalized spacial score (nSPS) is 36.3. The van der Waals surface area contributed by atoms with E-state index in [1.807, 2.05) is 42.2 Å². The monoisotopic (exact) mass is 376 g/mol. The predicted molar refractivity (Wildman–Crippen MR) is 102 cm³/mol. The molecule has 3 aliphatic rings. The molecule has 0 N–H and O–H groups in total. The van der Waals surface area contributed by atoms with Crippen molar-refractivity contribution in [3.8, 4) is 0 Å². The summed E-state index contributed by atoms with van der Waals surface area (Å²) >= 11 is 0. The summed E-state index contributed by atoms with van der Waals surface area (Å²) < 4.78 is 24.5. The first kappa shape index (κ1) is 17.8. The molecule has 1 unspecified atom stereocenters. The van der Waals surface area contributed by atoms with Crippen LogP contribution in [0.3, 0.4) is 0 Å². The summed E-state index contributed by atoms with van der Waals surface area (Å²) in [7, 11) is -0.955. The van der Waals surface area contributed by atoms with E-state index < -0.39 is 15.3 Å². The zero-order chi connectivity index (χ0) is 18.4. The second-order valence-electron chi connectivity index (χ2n) is 7.78. The minimum absolute atomic E-state index is 0.129. The molecule has 2 saturated heterocycles. The second kappa shape index (κ2) is 6.55. The third-order valence-corrected chi connectivity index (χ3v) is 9.61. The molecule has 0 radical (unpaired) electrons. The number of amides is 1. The zero-order valence-corrected chi connectivity index (χ0v) is 16.4. The summed E-state index contributed by atoms with van der Waals surface area (Å²) in [6, 6.07) is 9.64. The molecule has 1 saturated carbocycles. The third-order valence-electron chi connectivity index (χ3n) is 6.70. The fourth-order valence-electron chi connectivity index (χ4n) is 5.67. The van der Waals surface area contributed by atoms with Crippen molar-refractivity contribution in [1.82, 2.24) is 4.90 Å². The van der Waals surface area contributed by atoms with Crippen LogP contribution >= 0.6 is 0 Å². The maximum atomic E-state index is 14.3. The fourth-order valence-corrected chi connectivity index (χ4v) is 8.47. The molecule has 0 aromatic heterocycles. The third kappa shape index (κ3) is 2.41. The molecule has 1 aromatic carbocycles. The van der Waals surface area contributed by atoms with Crippen LogP contribution in [0.1, 0.15) is 45.4 Å². The van der Waals surface area contributed by atoms with E-state index in [1.54, 1.807) is 7.05 Å². The van der Waals surface area contributed by atoms with Crippen LogP contribution in [0.25, 0.3) is 0 Å². The molecule has 5 nitrogen and oxygen atoms in total. The van der Waals surface area contributed by atoms with Crippen LogP contribution in [-0.2, 0) is 14.5 Å². The zero-order valence-electron chi connectivity index (χ0n) is 15.6. The first-order chi connectivity index (χ1) is 12.5. The minimum atomic E-state index is -2.63. The molecule has 1 amide bonds. The Labute approximate surface area is 156 Å². The number of hydrogen-bond donors (Lipinski definition) is 0. The maximum Gasteiger partial charge on any atom is 0.410 e. The van der Waals surface area contributed by atoms with Crippen LogP contribution in [0.5, 0.6) is 0 Å². The standard InChI is InChI=1S/C20H28N2O3S/c1-15-17-11-6-7-13-20(17)18(12-8-14-22(20)19(23)25-15)26(24,21-2)16-9-4-3-5-10-16/h3-5,9-10,15,17-18H,6-8,11-14H2,1-2H3/t15-,17-,18+,20-,26?/m1/s1. The van der Waals surface area contributed by atoms with Gasteiger partial charge in [0.1, 0.15) is 6.10 Å². The number of benzene rings is 1. The van der Waals surface area contributed by atoms with Gasteiger partial charge in [-0.15, -0.1) is 0 Å². The highest BCUT2D eigenvalue weighted by Gasteiger charge is 2.62. The summed E-state index contributed by atoms with van der Waals surface area (Å²) in [5.74, 6) is 0.227. The van der Waals surface area contributed by atoms with Gasteiger partial charge in [0.15, 0.2) is 0 Å². The maximum absolute atomic E-state index is 14.3. The molecule has 5 atom stereocenters. The average molecular weight is 377 g/mol. The molecule has 142 valence electrons. The Kier molecular flexibility index (Phi) is 4.49. The number of carbonyl (C=O) groups is 1. The number of rotatable bonds is 2. The highest BCUT2D eigenvalue weighted by atomic mass is 32.2. The van der Waals surface area contributed by atoms with E-state index in [0.29, 0.717) is 6.54 Å². The molecule has 26 heavy (non-hydrogen) atoms. The largest absolute Gasteiger partial charge is 0.446 e. The minimum Gasteiger partial charge on any atom is -0.446 e. The van der Waals surface area contributed by atoms with Gasteiger partial charge >= 0.3 is 6.09 Å². The second-order valence-corrected chi connectivity index (χ2v) is 10.3. The van der Waals surface area contributed by atoms with E-state index >= 15 is 0 Å². The fraction of sp³-hybridized carbons (Fsp3) is 0.650. The smallest absolute Gasteiger partial charge is 0.410 e. The number of carbonyl (C=O) groups excluding carboxylic acids is 1. The lowest BCUT2D eigenvalue weighted by atomic mass is 9.64. The van der Waals surface area contributed by atoms with Crippen LogP contribution in [0.2, 0.25) is 0 Å². The predicted octanol–water partition coefficient (Wildman–Crippen LogP) is 4.08. The summed E-state index contributed by atoms with van der Waals surface area (Å²) in [5.41, 5.74) is -0.391. The van der Waals surface area contributed by atoms with Crippen molar-refractivity contribution in [3.63, 3.8) is 0 Å². The number of ether oxygens (including phenoxy) is 1. The van der Waals surface area contributed by atoms with Gasteiger partial charge in [0.2, 0.25) is 0 Å². The van der Waals surface area contributed by atoms with Gasteiger partial charge in [-0.05, 0) is 44.7 Å². The Balaban J connectivity index is 1.90. The Bertz CT molecular complexity index is 803. The topological polar surface area (TPSA) is 59.0 Å². The van der Waals surface area contributed by atoms with Crippen molar-refractivity contribution in [2.75, 3.05) is 13.6 Å². The van der Waals surface area contributed by atoms with Crippen molar-refractivity contribution in [2.24, 2.45) is 10.3 Å². The van der Waals surface area contributed by atoms with Crippen LogP contribution in [-0.4, -0.2) is 45.7 Å². The Morgan fingerprint density at radius 3 is 2.69 bits per heavy atom. The average Bonchev–Trinajstić information content (AvgIpc) is 2.68. The lowest BCUT2D eigenvalue weighted by Crippen LogP contribution is -2.73. The molecular formula is C20H28N2O3S. The van der Waals surface area contributed by atoms with Gasteiger partial charge in [-0.3, -0.25) is 0 Å². The molecule has 3 fully saturated rings. The van der Waals surface area contributed by atoms with Crippen molar-refractivity contribution in [1.29, 1.82) is 0 Å². The Morgan fingerprint density at radius 2 is 1.96 bits per heavy atom. The molecule has 2 aliphatic heterocycles. The molecule has 1 aromatic rings. The molecule has 1 aliphatic carbocycles. The summed E-state index contributed by atoms with van der Waals surface area (Å²) in [4.78, 5) is 15.5. The Hall–Kier alpha value is -1.56. The Morgan fingerprint density at radius 1 is 1.19 bits per heavy atom. The summed E-state index contributed by atoms with van der Waals surface area (Å²) in [6.45, 7) is 2.71. The van der Waals surface area contributed by atoms with Crippen molar-refractivity contribution < 1.29 is 13.7 Å². The van der Waals surface area contributed by atoms with Gasteiger partial charge in [0.05, 0.1) is 20.5 Å². The van der Waals surface area contributed by atoms with E-state index in [9.17, 15) is 9.00 Å². The first-order valence-corrected chi connectivity index (χ1v) is 11.3. The lowest BCUT2D eigenvalue weighted by Gasteiger charge is -2.61. The molecule has 0 bridgehead atoms. The van der Waals surface area contributed by atoms with Crippen LogP contribution in [0.4, 0.5) is 4.79 Å². The summed E-state index contributed by atoms with van der Waals surface area (Å²) in [6.07, 6.45) is 5.47. The number of piperidine rings is 1. The highest BCUT2D eigenvalue weighted by molar-refractivity contribution is 7.94. The van der Waals surface area contributed by atoms with Crippen LogP contribution < -0.4 is 0 Å². The molecule has 6 heteroatoms. The highest BCUT2D eigenvalue weighted by Crippen LogP contribution is 2.52. The van der Waals surface area contributed by atoms with E-state index in [0.717, 1.165) is 43.4 Å². The van der Waals surface area contributed by atoms with Gasteiger partial charge in [-0.2, -0.15) is 0 Å². The molecular weight excluding hydrogens is 348 g/mol. The van der Waals surface area contributed by atoms with Gasteiger partial charge in [0.25, 0.3) is 0 Å². The van der Waals surface area contributed by atoms with E-state index in [4.69, 9.17) is 4.74 Å². The quantitative estimate of drug-likeness (QED) is 0.781. The SMILES string of the molecule is CN=S(=O)(c1ccccc1)[C@H]1CCCN2C(=O)O[C@H](C)[C@H]3CCCC[C@@]312. The van der Waals surface area contributed by atoms with E-state index in [2.05, 4.69) is 4.36 Å². The van der Waals surface area contributed by atoms with Crippen molar-refractivity contribution in [2.45, 2.75) is 67.2 Å². The number of nitrogens with zero attached hydrogens (tertiary/aromatic N) is 2. The van der Waals surface area contributed by atoms with Crippen molar-refractivity contribution in [3.05, 3.63) is 30.3 Å². The van der Waals surface area contributed by atoms with E-state index in [1.165, 1.54) is 0 Å². The van der Waals surface area contributed by atoms with Crippen LogP contribution in [0, 0.1) is 5.92 Å². The molecule has 1 spiro atoms. The van der Waals surface area contributed by atoms with Gasteiger partial charge in [0, 0.05) is 24.4 Å².